The van der Waals surface area contributed by atoms with Crippen molar-refractivity contribution in [1.29, 1.82) is 0 Å². The average Bonchev–Trinajstić information content (AvgIpc) is 2.70. The van der Waals surface area contributed by atoms with Crippen molar-refractivity contribution in [2.45, 2.75) is 26.9 Å². The van der Waals surface area contributed by atoms with E-state index in [1.807, 2.05) is 24.3 Å². The lowest BCUT2D eigenvalue weighted by Gasteiger charge is -2.21. The minimum atomic E-state index is -0.935. The average molecular weight is 439 g/mol. The molecule has 0 radical (unpaired) electrons. The molecule has 0 bridgehead atoms. The summed E-state index contributed by atoms with van der Waals surface area (Å²) in [6.07, 6.45) is -0.935. The molecule has 1 atom stereocenters. The summed E-state index contributed by atoms with van der Waals surface area (Å²) in [7, 11) is 0. The number of carbonyl (C=O) groups is 2. The SMILES string of the molecule is CCN(CC)c1ccc(NC(=O)COC(=O)C(C)Oc2ccc(Cl)cc2Cl)cc1. The van der Waals surface area contributed by atoms with Gasteiger partial charge < -0.3 is 19.7 Å². The summed E-state index contributed by atoms with van der Waals surface area (Å²) in [5.41, 5.74) is 1.70. The molecule has 1 unspecified atom stereocenters. The summed E-state index contributed by atoms with van der Waals surface area (Å²) in [4.78, 5) is 26.3. The van der Waals surface area contributed by atoms with Gasteiger partial charge in [0, 0.05) is 29.5 Å². The maximum absolute atomic E-state index is 12.1. The van der Waals surface area contributed by atoms with Crippen LogP contribution in [0.2, 0.25) is 10.0 Å². The highest BCUT2D eigenvalue weighted by Gasteiger charge is 2.19. The molecule has 0 saturated carbocycles. The normalized spacial score (nSPS) is 11.5. The Hall–Kier alpha value is -2.44. The highest BCUT2D eigenvalue weighted by molar-refractivity contribution is 6.35. The second-order valence-corrected chi connectivity index (χ2v) is 7.05. The van der Waals surface area contributed by atoms with E-state index in [0.717, 1.165) is 18.8 Å². The third kappa shape index (κ3) is 6.84. The minimum Gasteiger partial charge on any atom is -0.477 e. The molecule has 0 aliphatic rings. The van der Waals surface area contributed by atoms with Crippen molar-refractivity contribution < 1.29 is 19.1 Å². The van der Waals surface area contributed by atoms with E-state index in [-0.39, 0.29) is 5.02 Å². The molecule has 8 heteroatoms. The first-order valence-corrected chi connectivity index (χ1v) is 10.0. The molecule has 0 aliphatic heterocycles. The molecule has 1 amide bonds. The van der Waals surface area contributed by atoms with Gasteiger partial charge in [-0.2, -0.15) is 0 Å². The molecule has 29 heavy (non-hydrogen) atoms. The van der Waals surface area contributed by atoms with Crippen LogP contribution in [0.15, 0.2) is 42.5 Å². The van der Waals surface area contributed by atoms with Crippen LogP contribution in [0.4, 0.5) is 11.4 Å². The summed E-state index contributed by atoms with van der Waals surface area (Å²) in [6, 6.07) is 12.1. The zero-order valence-corrected chi connectivity index (χ0v) is 18.1. The monoisotopic (exact) mass is 438 g/mol. The van der Waals surface area contributed by atoms with Crippen LogP contribution in [-0.2, 0) is 14.3 Å². The van der Waals surface area contributed by atoms with Crippen molar-refractivity contribution in [2.75, 3.05) is 29.9 Å². The number of nitrogens with one attached hydrogen (secondary N) is 1. The van der Waals surface area contributed by atoms with Crippen LogP contribution in [0, 0.1) is 0 Å². The Morgan fingerprint density at radius 1 is 1.07 bits per heavy atom. The zero-order valence-electron chi connectivity index (χ0n) is 16.6. The predicted octanol–water partition coefficient (Wildman–Crippen LogP) is 4.79. The molecule has 0 saturated heterocycles. The van der Waals surface area contributed by atoms with Crippen molar-refractivity contribution in [3.8, 4) is 5.75 Å². The van der Waals surface area contributed by atoms with Gasteiger partial charge in [-0.15, -0.1) is 0 Å². The van der Waals surface area contributed by atoms with E-state index >= 15 is 0 Å². The zero-order chi connectivity index (χ0) is 21.4. The highest BCUT2D eigenvalue weighted by Crippen LogP contribution is 2.28. The Bertz CT molecular complexity index is 839. The number of hydrogen-bond acceptors (Lipinski definition) is 5. The van der Waals surface area contributed by atoms with Crippen LogP contribution in [0.25, 0.3) is 0 Å². The van der Waals surface area contributed by atoms with Crippen LogP contribution in [0.3, 0.4) is 0 Å². The van der Waals surface area contributed by atoms with Crippen molar-refractivity contribution in [1.82, 2.24) is 0 Å². The Labute approximate surface area is 180 Å². The fraction of sp³-hybridized carbons (Fsp3) is 0.333. The van der Waals surface area contributed by atoms with Crippen molar-refractivity contribution in [2.24, 2.45) is 0 Å². The topological polar surface area (TPSA) is 67.9 Å². The molecule has 2 aromatic rings. The molecule has 0 aromatic heterocycles. The number of carbonyl (C=O) groups excluding carboxylic acids is 2. The summed E-state index contributed by atoms with van der Waals surface area (Å²) in [6.45, 7) is 7.06. The third-order valence-electron chi connectivity index (χ3n) is 4.15. The number of halogens is 2. The second-order valence-electron chi connectivity index (χ2n) is 6.21. The number of anilines is 2. The van der Waals surface area contributed by atoms with Gasteiger partial charge in [0.2, 0.25) is 0 Å². The first-order valence-electron chi connectivity index (χ1n) is 9.27. The van der Waals surface area contributed by atoms with Gasteiger partial charge in [0.15, 0.2) is 12.7 Å². The standard InChI is InChI=1S/C21H24Cl2N2O4/c1-4-25(5-2)17-9-7-16(8-10-17)24-20(26)13-28-21(27)14(3)29-19-11-6-15(22)12-18(19)23/h6-12,14H,4-5,13H2,1-3H3,(H,24,26). The van der Waals surface area contributed by atoms with Gasteiger partial charge in [0.05, 0.1) is 5.02 Å². The molecular weight excluding hydrogens is 415 g/mol. The van der Waals surface area contributed by atoms with Crippen LogP contribution in [0.1, 0.15) is 20.8 Å². The van der Waals surface area contributed by atoms with Gasteiger partial charge in [-0.05, 0) is 63.2 Å². The molecule has 0 aliphatic carbocycles. The van der Waals surface area contributed by atoms with E-state index in [1.165, 1.54) is 13.0 Å². The first kappa shape index (κ1) is 22.8. The molecule has 2 aromatic carbocycles. The fourth-order valence-corrected chi connectivity index (χ4v) is 3.06. The Morgan fingerprint density at radius 3 is 2.31 bits per heavy atom. The highest BCUT2D eigenvalue weighted by atomic mass is 35.5. The summed E-state index contributed by atoms with van der Waals surface area (Å²) >= 11 is 11.8. The van der Waals surface area contributed by atoms with Gasteiger partial charge in [-0.1, -0.05) is 23.2 Å². The summed E-state index contributed by atoms with van der Waals surface area (Å²) in [5, 5.41) is 3.43. The van der Waals surface area contributed by atoms with E-state index in [1.54, 1.807) is 12.1 Å². The third-order valence-corrected chi connectivity index (χ3v) is 4.69. The van der Waals surface area contributed by atoms with E-state index in [9.17, 15) is 9.59 Å². The van der Waals surface area contributed by atoms with Crippen molar-refractivity contribution >= 4 is 46.5 Å². The minimum absolute atomic E-state index is 0.281. The molecule has 2 rings (SSSR count). The lowest BCUT2D eigenvalue weighted by atomic mass is 10.2. The van der Waals surface area contributed by atoms with Crippen LogP contribution in [-0.4, -0.2) is 37.7 Å². The second kappa shape index (κ2) is 10.9. The quantitative estimate of drug-likeness (QED) is 0.570. The molecule has 0 fully saturated rings. The Morgan fingerprint density at radius 2 is 1.72 bits per heavy atom. The van der Waals surface area contributed by atoms with Crippen LogP contribution < -0.4 is 15.0 Å². The largest absolute Gasteiger partial charge is 0.477 e. The smallest absolute Gasteiger partial charge is 0.347 e. The van der Waals surface area contributed by atoms with Gasteiger partial charge in [0.1, 0.15) is 5.75 Å². The predicted molar refractivity (Wildman–Crippen MR) is 116 cm³/mol. The number of benzene rings is 2. The maximum atomic E-state index is 12.1. The lowest BCUT2D eigenvalue weighted by Crippen LogP contribution is -2.29. The Balaban J connectivity index is 1.82. The van der Waals surface area contributed by atoms with E-state index in [2.05, 4.69) is 24.1 Å². The van der Waals surface area contributed by atoms with Gasteiger partial charge >= 0.3 is 5.97 Å². The molecule has 156 valence electrons. The van der Waals surface area contributed by atoms with Gasteiger partial charge in [-0.25, -0.2) is 4.79 Å². The fourth-order valence-electron chi connectivity index (χ4n) is 2.60. The lowest BCUT2D eigenvalue weighted by molar-refractivity contribution is -0.153. The van der Waals surface area contributed by atoms with Gasteiger partial charge in [0.25, 0.3) is 5.91 Å². The number of amides is 1. The molecule has 1 N–H and O–H groups in total. The molecular formula is C21H24Cl2N2O4. The van der Waals surface area contributed by atoms with Crippen molar-refractivity contribution in [3.63, 3.8) is 0 Å². The van der Waals surface area contributed by atoms with Crippen LogP contribution in [0.5, 0.6) is 5.75 Å². The van der Waals surface area contributed by atoms with Crippen LogP contribution >= 0.6 is 23.2 Å². The first-order chi connectivity index (χ1) is 13.8. The molecule has 0 spiro atoms. The Kier molecular flexibility index (Phi) is 8.61. The number of hydrogen-bond donors (Lipinski definition) is 1. The van der Waals surface area contributed by atoms with Crippen molar-refractivity contribution in [3.05, 3.63) is 52.5 Å². The van der Waals surface area contributed by atoms with Gasteiger partial charge in [-0.3, -0.25) is 4.79 Å². The summed E-state index contributed by atoms with van der Waals surface area (Å²) < 4.78 is 10.5. The number of ether oxygens (including phenoxy) is 2. The maximum Gasteiger partial charge on any atom is 0.347 e. The van der Waals surface area contributed by atoms with E-state index in [4.69, 9.17) is 32.7 Å². The number of nitrogens with zero attached hydrogens (tertiary/aromatic N) is 1. The van der Waals surface area contributed by atoms with E-state index < -0.39 is 24.6 Å². The summed E-state index contributed by atoms with van der Waals surface area (Å²) in [5.74, 6) is -0.813. The number of rotatable bonds is 9. The molecule has 0 heterocycles. The number of esters is 1. The van der Waals surface area contributed by atoms with E-state index in [0.29, 0.717) is 16.5 Å². The molecule has 6 nitrogen and oxygen atoms in total.